The molecular weight excluding hydrogens is 202 g/mol. The fraction of sp³-hybridized carbons (Fsp3) is 0.667. The standard InChI is InChI=1S/C12H19N3O/c1-9(2)12(16)14-6-8-15-7-5-13-11(15)10-3-4-10/h5,7,9-10H,3-4,6,8H2,1-2H3,(H,14,16). The van der Waals surface area contributed by atoms with Crippen LogP contribution in [0, 0.1) is 5.92 Å². The summed E-state index contributed by atoms with van der Waals surface area (Å²) in [5.74, 6) is 2.02. The highest BCUT2D eigenvalue weighted by atomic mass is 16.1. The quantitative estimate of drug-likeness (QED) is 0.819. The van der Waals surface area contributed by atoms with Crippen LogP contribution in [-0.4, -0.2) is 22.0 Å². The first-order valence-corrected chi connectivity index (χ1v) is 5.97. The van der Waals surface area contributed by atoms with Crippen molar-refractivity contribution in [3.63, 3.8) is 0 Å². The van der Waals surface area contributed by atoms with Crippen molar-refractivity contribution in [2.45, 2.75) is 39.2 Å². The zero-order chi connectivity index (χ0) is 11.5. The molecule has 0 atom stereocenters. The van der Waals surface area contributed by atoms with Gasteiger partial charge in [-0.1, -0.05) is 13.8 Å². The first-order valence-electron chi connectivity index (χ1n) is 5.97. The molecule has 88 valence electrons. The van der Waals surface area contributed by atoms with Crippen LogP contribution in [0.1, 0.15) is 38.4 Å². The van der Waals surface area contributed by atoms with Crippen molar-refractivity contribution in [1.29, 1.82) is 0 Å². The van der Waals surface area contributed by atoms with Crippen molar-refractivity contribution >= 4 is 5.91 Å². The third-order valence-electron chi connectivity index (χ3n) is 2.87. The van der Waals surface area contributed by atoms with E-state index in [0.717, 1.165) is 6.54 Å². The van der Waals surface area contributed by atoms with Gasteiger partial charge in [0.25, 0.3) is 0 Å². The second kappa shape index (κ2) is 4.68. The molecular formula is C12H19N3O. The molecule has 1 saturated carbocycles. The molecule has 16 heavy (non-hydrogen) atoms. The van der Waals surface area contributed by atoms with E-state index in [-0.39, 0.29) is 11.8 Å². The van der Waals surface area contributed by atoms with Crippen molar-refractivity contribution < 1.29 is 4.79 Å². The molecule has 0 bridgehead atoms. The molecule has 4 nitrogen and oxygen atoms in total. The lowest BCUT2D eigenvalue weighted by Gasteiger charge is -2.10. The second-order valence-electron chi connectivity index (χ2n) is 4.70. The highest BCUT2D eigenvalue weighted by Crippen LogP contribution is 2.38. The smallest absolute Gasteiger partial charge is 0.222 e. The van der Waals surface area contributed by atoms with Gasteiger partial charge in [-0.15, -0.1) is 0 Å². The number of amides is 1. The molecule has 2 rings (SSSR count). The van der Waals surface area contributed by atoms with Gasteiger partial charge in [0.2, 0.25) is 5.91 Å². The fourth-order valence-corrected chi connectivity index (χ4v) is 1.71. The summed E-state index contributed by atoms with van der Waals surface area (Å²) in [4.78, 5) is 15.7. The number of nitrogens with one attached hydrogen (secondary N) is 1. The number of carbonyl (C=O) groups excluding carboxylic acids is 1. The van der Waals surface area contributed by atoms with E-state index in [1.807, 2.05) is 26.2 Å². The van der Waals surface area contributed by atoms with Crippen LogP contribution in [0.3, 0.4) is 0 Å². The monoisotopic (exact) mass is 221 g/mol. The van der Waals surface area contributed by atoms with E-state index in [9.17, 15) is 4.79 Å². The van der Waals surface area contributed by atoms with Crippen molar-refractivity contribution in [1.82, 2.24) is 14.9 Å². The second-order valence-corrected chi connectivity index (χ2v) is 4.70. The lowest BCUT2D eigenvalue weighted by molar-refractivity contribution is -0.124. The molecule has 0 saturated heterocycles. The molecule has 0 aliphatic heterocycles. The van der Waals surface area contributed by atoms with Crippen LogP contribution in [0.25, 0.3) is 0 Å². The van der Waals surface area contributed by atoms with E-state index in [1.165, 1.54) is 18.7 Å². The van der Waals surface area contributed by atoms with Crippen molar-refractivity contribution in [2.24, 2.45) is 5.92 Å². The molecule has 0 unspecified atom stereocenters. The minimum absolute atomic E-state index is 0.0608. The summed E-state index contributed by atoms with van der Waals surface area (Å²) in [7, 11) is 0. The summed E-state index contributed by atoms with van der Waals surface area (Å²) in [5, 5.41) is 2.92. The maximum absolute atomic E-state index is 11.4. The normalized spacial score (nSPS) is 15.4. The molecule has 1 heterocycles. The number of carbonyl (C=O) groups is 1. The third-order valence-corrected chi connectivity index (χ3v) is 2.87. The van der Waals surface area contributed by atoms with Gasteiger partial charge in [0, 0.05) is 37.3 Å². The Morgan fingerprint density at radius 2 is 2.38 bits per heavy atom. The van der Waals surface area contributed by atoms with E-state index in [0.29, 0.717) is 12.5 Å². The first kappa shape index (κ1) is 11.2. The van der Waals surface area contributed by atoms with Crippen LogP contribution in [0.5, 0.6) is 0 Å². The van der Waals surface area contributed by atoms with Gasteiger partial charge < -0.3 is 9.88 Å². The Morgan fingerprint density at radius 3 is 3.00 bits per heavy atom. The molecule has 1 amide bonds. The number of hydrogen-bond acceptors (Lipinski definition) is 2. The van der Waals surface area contributed by atoms with Gasteiger partial charge in [-0.25, -0.2) is 4.98 Å². The van der Waals surface area contributed by atoms with Crippen LogP contribution in [0.4, 0.5) is 0 Å². The minimum Gasteiger partial charge on any atom is -0.354 e. The third kappa shape index (κ3) is 2.62. The van der Waals surface area contributed by atoms with Crippen molar-refractivity contribution in [2.75, 3.05) is 6.54 Å². The zero-order valence-corrected chi connectivity index (χ0v) is 9.94. The van der Waals surface area contributed by atoms with Gasteiger partial charge in [0.15, 0.2) is 0 Å². The van der Waals surface area contributed by atoms with Gasteiger partial charge in [0.05, 0.1) is 0 Å². The predicted molar refractivity (Wildman–Crippen MR) is 62.0 cm³/mol. The van der Waals surface area contributed by atoms with Crippen LogP contribution in [0.2, 0.25) is 0 Å². The largest absolute Gasteiger partial charge is 0.354 e. The molecule has 1 N–H and O–H groups in total. The van der Waals surface area contributed by atoms with Crippen molar-refractivity contribution in [3.8, 4) is 0 Å². The van der Waals surface area contributed by atoms with Crippen LogP contribution < -0.4 is 5.32 Å². The number of rotatable bonds is 5. The van der Waals surface area contributed by atoms with E-state index >= 15 is 0 Å². The molecule has 1 fully saturated rings. The summed E-state index contributed by atoms with van der Waals surface area (Å²) in [6.45, 7) is 5.32. The molecule has 4 heteroatoms. The topological polar surface area (TPSA) is 46.9 Å². The lowest BCUT2D eigenvalue weighted by atomic mass is 10.2. The maximum atomic E-state index is 11.4. The summed E-state index contributed by atoms with van der Waals surface area (Å²) in [6.07, 6.45) is 6.36. The average Bonchev–Trinajstić information content (AvgIpc) is 2.99. The first-order chi connectivity index (χ1) is 7.68. The highest BCUT2D eigenvalue weighted by molar-refractivity contribution is 5.77. The van der Waals surface area contributed by atoms with Gasteiger partial charge >= 0.3 is 0 Å². The van der Waals surface area contributed by atoms with Gasteiger partial charge in [0.1, 0.15) is 5.82 Å². The lowest BCUT2D eigenvalue weighted by Crippen LogP contribution is -2.30. The Hall–Kier alpha value is -1.32. The Kier molecular flexibility index (Phi) is 3.27. The van der Waals surface area contributed by atoms with Gasteiger partial charge in [-0.2, -0.15) is 0 Å². The SMILES string of the molecule is CC(C)C(=O)NCCn1ccnc1C1CC1. The maximum Gasteiger partial charge on any atom is 0.222 e. The Labute approximate surface area is 96.1 Å². The van der Waals surface area contributed by atoms with Crippen LogP contribution >= 0.6 is 0 Å². The van der Waals surface area contributed by atoms with E-state index < -0.39 is 0 Å². The number of hydrogen-bond donors (Lipinski definition) is 1. The van der Waals surface area contributed by atoms with Crippen molar-refractivity contribution in [3.05, 3.63) is 18.2 Å². The summed E-state index contributed by atoms with van der Waals surface area (Å²) < 4.78 is 2.15. The van der Waals surface area contributed by atoms with E-state index in [2.05, 4.69) is 14.9 Å². The summed E-state index contributed by atoms with van der Waals surface area (Å²) in [6, 6.07) is 0. The highest BCUT2D eigenvalue weighted by Gasteiger charge is 2.27. The zero-order valence-electron chi connectivity index (χ0n) is 9.94. The van der Waals surface area contributed by atoms with Crippen LogP contribution in [0.15, 0.2) is 12.4 Å². The van der Waals surface area contributed by atoms with Gasteiger partial charge in [-0.3, -0.25) is 4.79 Å². The predicted octanol–water partition coefficient (Wildman–Crippen LogP) is 1.53. The molecule has 0 spiro atoms. The van der Waals surface area contributed by atoms with E-state index in [1.54, 1.807) is 0 Å². The molecule has 1 aromatic rings. The average molecular weight is 221 g/mol. The van der Waals surface area contributed by atoms with Gasteiger partial charge in [-0.05, 0) is 12.8 Å². The number of aromatic nitrogens is 2. The molecule has 0 aromatic carbocycles. The molecule has 1 aromatic heterocycles. The molecule has 1 aliphatic rings. The Balaban J connectivity index is 1.80. The Morgan fingerprint density at radius 1 is 1.62 bits per heavy atom. The van der Waals surface area contributed by atoms with E-state index in [4.69, 9.17) is 0 Å². The molecule has 0 radical (unpaired) electrons. The van der Waals surface area contributed by atoms with Crippen LogP contribution in [-0.2, 0) is 11.3 Å². The number of imidazole rings is 1. The summed E-state index contributed by atoms with van der Waals surface area (Å²) >= 11 is 0. The summed E-state index contributed by atoms with van der Waals surface area (Å²) in [5.41, 5.74) is 0. The fourth-order valence-electron chi connectivity index (χ4n) is 1.71. The number of nitrogens with zero attached hydrogens (tertiary/aromatic N) is 2. The molecule has 1 aliphatic carbocycles. The Bertz CT molecular complexity index is 366. The minimum atomic E-state index is 0.0608.